The van der Waals surface area contributed by atoms with E-state index in [0.29, 0.717) is 11.8 Å². The highest BCUT2D eigenvalue weighted by Crippen LogP contribution is 2.29. The van der Waals surface area contributed by atoms with Gasteiger partial charge in [0.25, 0.3) is 11.6 Å². The summed E-state index contributed by atoms with van der Waals surface area (Å²) in [6, 6.07) is 5.18. The third-order valence-corrected chi connectivity index (χ3v) is 4.70. The predicted molar refractivity (Wildman–Crippen MR) is 87.5 cm³/mol. The Morgan fingerprint density at radius 3 is 2.54 bits per heavy atom. The highest BCUT2D eigenvalue weighted by atomic mass is 16.6. The Balaban J connectivity index is 1.82. The Kier molecular flexibility index (Phi) is 5.89. The molecule has 0 saturated heterocycles. The minimum absolute atomic E-state index is 0.107. The zero-order valence-electron chi connectivity index (χ0n) is 13.9. The van der Waals surface area contributed by atoms with Crippen molar-refractivity contribution in [1.82, 2.24) is 5.32 Å². The van der Waals surface area contributed by atoms with Crippen molar-refractivity contribution >= 4 is 17.6 Å². The molecular weight excluding hydrogens is 312 g/mol. The Morgan fingerprint density at radius 1 is 1.25 bits per heavy atom. The van der Waals surface area contributed by atoms with Crippen LogP contribution in [0.15, 0.2) is 24.3 Å². The first-order valence-corrected chi connectivity index (χ1v) is 8.09. The fraction of sp³-hybridized carbons (Fsp3) is 0.529. The van der Waals surface area contributed by atoms with Gasteiger partial charge in [-0.1, -0.05) is 26.7 Å². The zero-order valence-corrected chi connectivity index (χ0v) is 13.9. The van der Waals surface area contributed by atoms with E-state index in [1.807, 2.05) is 0 Å². The molecule has 2 rings (SSSR count). The summed E-state index contributed by atoms with van der Waals surface area (Å²) in [6.45, 7) is 3.95. The molecular formula is C17H22N2O5. The molecule has 1 aliphatic rings. The van der Waals surface area contributed by atoms with Crippen LogP contribution in [-0.2, 0) is 9.53 Å². The second kappa shape index (κ2) is 7.90. The minimum atomic E-state index is -0.676. The van der Waals surface area contributed by atoms with Crippen LogP contribution in [0.5, 0.6) is 0 Å². The van der Waals surface area contributed by atoms with Crippen molar-refractivity contribution in [3.63, 3.8) is 0 Å². The lowest BCUT2D eigenvalue weighted by atomic mass is 9.78. The molecule has 1 fully saturated rings. The van der Waals surface area contributed by atoms with Crippen LogP contribution in [0, 0.1) is 22.0 Å². The van der Waals surface area contributed by atoms with E-state index in [2.05, 4.69) is 19.2 Å². The monoisotopic (exact) mass is 334 g/mol. The van der Waals surface area contributed by atoms with E-state index < -0.39 is 10.9 Å². The van der Waals surface area contributed by atoms with Crippen LogP contribution < -0.4 is 5.32 Å². The first-order chi connectivity index (χ1) is 11.4. The van der Waals surface area contributed by atoms with Gasteiger partial charge in [-0.25, -0.2) is 4.79 Å². The highest BCUT2D eigenvalue weighted by Gasteiger charge is 2.28. The van der Waals surface area contributed by atoms with Crippen molar-refractivity contribution in [2.24, 2.45) is 11.8 Å². The molecule has 1 amide bonds. The number of nitro groups is 1. The molecule has 24 heavy (non-hydrogen) atoms. The summed E-state index contributed by atoms with van der Waals surface area (Å²) in [5.41, 5.74) is 0.0674. The number of benzene rings is 1. The Labute approximate surface area is 140 Å². The Morgan fingerprint density at radius 2 is 1.92 bits per heavy atom. The topological polar surface area (TPSA) is 98.5 Å². The number of amides is 1. The SMILES string of the molecule is C[C@H]1[C@H](C)CCC[C@@H]1NC(=O)COC(=O)c1ccc([N+](=O)[O-])cc1. The van der Waals surface area contributed by atoms with Gasteiger partial charge >= 0.3 is 5.97 Å². The first kappa shape index (κ1) is 17.9. The van der Waals surface area contributed by atoms with Crippen molar-refractivity contribution in [2.45, 2.75) is 39.2 Å². The van der Waals surface area contributed by atoms with Crippen molar-refractivity contribution < 1.29 is 19.2 Å². The molecule has 1 saturated carbocycles. The van der Waals surface area contributed by atoms with E-state index in [1.165, 1.54) is 30.7 Å². The predicted octanol–water partition coefficient (Wildman–Crippen LogP) is 2.69. The number of rotatable bonds is 5. The number of nitro benzene ring substituents is 1. The molecule has 130 valence electrons. The third-order valence-electron chi connectivity index (χ3n) is 4.70. The zero-order chi connectivity index (χ0) is 17.7. The third kappa shape index (κ3) is 4.53. The Hall–Kier alpha value is -2.44. The second-order valence-corrected chi connectivity index (χ2v) is 6.32. The molecule has 0 radical (unpaired) electrons. The molecule has 0 aliphatic heterocycles. The van der Waals surface area contributed by atoms with Gasteiger partial charge in [0.05, 0.1) is 10.5 Å². The van der Waals surface area contributed by atoms with Gasteiger partial charge in [-0.2, -0.15) is 0 Å². The van der Waals surface area contributed by atoms with Crippen LogP contribution in [0.3, 0.4) is 0 Å². The van der Waals surface area contributed by atoms with E-state index in [0.717, 1.165) is 12.8 Å². The molecule has 0 heterocycles. The van der Waals surface area contributed by atoms with E-state index in [9.17, 15) is 19.7 Å². The molecule has 1 N–H and O–H groups in total. The van der Waals surface area contributed by atoms with Crippen LogP contribution >= 0.6 is 0 Å². The maximum atomic E-state index is 12.0. The van der Waals surface area contributed by atoms with Gasteiger partial charge in [0.2, 0.25) is 0 Å². The van der Waals surface area contributed by atoms with Crippen LogP contribution in [0.4, 0.5) is 5.69 Å². The molecule has 7 nitrogen and oxygen atoms in total. The van der Waals surface area contributed by atoms with Gasteiger partial charge in [-0.3, -0.25) is 14.9 Å². The quantitative estimate of drug-likeness (QED) is 0.507. The van der Waals surface area contributed by atoms with E-state index >= 15 is 0 Å². The molecule has 0 spiro atoms. The van der Waals surface area contributed by atoms with E-state index in [4.69, 9.17) is 4.74 Å². The van der Waals surface area contributed by atoms with E-state index in [-0.39, 0.29) is 29.8 Å². The minimum Gasteiger partial charge on any atom is -0.452 e. The number of hydrogen-bond donors (Lipinski definition) is 1. The number of carbonyl (C=O) groups is 2. The number of esters is 1. The van der Waals surface area contributed by atoms with Gasteiger partial charge in [0, 0.05) is 18.2 Å². The highest BCUT2D eigenvalue weighted by molar-refractivity contribution is 5.91. The lowest BCUT2D eigenvalue weighted by molar-refractivity contribution is -0.384. The fourth-order valence-electron chi connectivity index (χ4n) is 2.97. The average Bonchev–Trinajstić information content (AvgIpc) is 2.57. The maximum absolute atomic E-state index is 12.0. The molecule has 0 bridgehead atoms. The Bertz CT molecular complexity index is 614. The molecule has 0 unspecified atom stereocenters. The summed E-state index contributed by atoms with van der Waals surface area (Å²) in [4.78, 5) is 33.9. The summed E-state index contributed by atoms with van der Waals surface area (Å²) in [5.74, 6) is -0.0406. The first-order valence-electron chi connectivity index (χ1n) is 8.09. The van der Waals surface area contributed by atoms with Crippen molar-refractivity contribution in [3.05, 3.63) is 39.9 Å². The number of carbonyl (C=O) groups excluding carboxylic acids is 2. The van der Waals surface area contributed by atoms with Gasteiger partial charge in [0.15, 0.2) is 6.61 Å². The smallest absolute Gasteiger partial charge is 0.338 e. The normalized spacial score (nSPS) is 23.3. The fourth-order valence-corrected chi connectivity index (χ4v) is 2.97. The number of nitrogens with one attached hydrogen (secondary N) is 1. The summed E-state index contributed by atoms with van der Waals surface area (Å²) in [7, 11) is 0. The molecule has 0 aromatic heterocycles. The molecule has 1 aliphatic carbocycles. The van der Waals surface area contributed by atoms with Gasteiger partial charge < -0.3 is 10.1 Å². The molecule has 7 heteroatoms. The lowest BCUT2D eigenvalue weighted by Gasteiger charge is -2.34. The summed E-state index contributed by atoms with van der Waals surface area (Å²) in [5, 5.41) is 13.5. The standard InChI is InChI=1S/C17H22N2O5/c1-11-4-3-5-15(12(11)2)18-16(20)10-24-17(21)13-6-8-14(9-7-13)19(22)23/h6-9,11-12,15H,3-5,10H2,1-2H3,(H,18,20)/t11-,12+,15+/m1/s1. The summed E-state index contributed by atoms with van der Waals surface area (Å²) >= 11 is 0. The van der Waals surface area contributed by atoms with Crippen LogP contribution in [-0.4, -0.2) is 29.4 Å². The number of nitrogens with zero attached hydrogens (tertiary/aromatic N) is 1. The van der Waals surface area contributed by atoms with Gasteiger partial charge in [-0.05, 0) is 30.4 Å². The molecule has 1 aromatic rings. The molecule has 3 atom stereocenters. The van der Waals surface area contributed by atoms with Crippen molar-refractivity contribution in [2.75, 3.05) is 6.61 Å². The summed E-state index contributed by atoms with van der Waals surface area (Å²) in [6.07, 6.45) is 3.19. The van der Waals surface area contributed by atoms with E-state index in [1.54, 1.807) is 0 Å². The lowest BCUT2D eigenvalue weighted by Crippen LogP contribution is -2.45. The van der Waals surface area contributed by atoms with Crippen molar-refractivity contribution in [1.29, 1.82) is 0 Å². The van der Waals surface area contributed by atoms with Crippen LogP contribution in [0.25, 0.3) is 0 Å². The van der Waals surface area contributed by atoms with Crippen molar-refractivity contribution in [3.8, 4) is 0 Å². The van der Waals surface area contributed by atoms with Crippen LogP contribution in [0.1, 0.15) is 43.5 Å². The van der Waals surface area contributed by atoms with Crippen LogP contribution in [0.2, 0.25) is 0 Å². The average molecular weight is 334 g/mol. The molecule has 1 aromatic carbocycles. The van der Waals surface area contributed by atoms with Gasteiger partial charge in [-0.15, -0.1) is 0 Å². The number of ether oxygens (including phenoxy) is 1. The largest absolute Gasteiger partial charge is 0.452 e. The number of non-ortho nitro benzene ring substituents is 1. The van der Waals surface area contributed by atoms with Gasteiger partial charge in [0.1, 0.15) is 0 Å². The maximum Gasteiger partial charge on any atom is 0.338 e. The number of hydrogen-bond acceptors (Lipinski definition) is 5. The second-order valence-electron chi connectivity index (χ2n) is 6.32. The summed E-state index contributed by atoms with van der Waals surface area (Å²) < 4.78 is 4.97.